The average molecular weight is 275 g/mol. The molecular formula is C15H21N3S. The number of nitrogens with zero attached hydrogens (tertiary/aromatic N) is 2. The quantitative estimate of drug-likeness (QED) is 0.904. The van der Waals surface area contributed by atoms with Gasteiger partial charge < -0.3 is 5.32 Å². The van der Waals surface area contributed by atoms with Crippen LogP contribution in [0.3, 0.4) is 0 Å². The Labute approximate surface area is 118 Å². The average Bonchev–Trinajstić information content (AvgIpc) is 3.15. The first-order chi connectivity index (χ1) is 9.36. The van der Waals surface area contributed by atoms with Crippen molar-refractivity contribution in [2.75, 3.05) is 7.05 Å². The van der Waals surface area contributed by atoms with Gasteiger partial charge in [0.1, 0.15) is 0 Å². The normalized spacial score (nSPS) is 17.9. The van der Waals surface area contributed by atoms with E-state index in [1.54, 1.807) is 0 Å². The van der Waals surface area contributed by atoms with Crippen molar-refractivity contribution >= 4 is 11.3 Å². The highest BCUT2D eigenvalue weighted by Crippen LogP contribution is 2.29. The SMILES string of the molecule is CNC(Cc1ccn(C2CCCC2)n1)c1cccs1. The zero-order valence-corrected chi connectivity index (χ0v) is 12.2. The molecule has 0 bridgehead atoms. The van der Waals surface area contributed by atoms with Crippen molar-refractivity contribution in [3.05, 3.63) is 40.3 Å². The Balaban J connectivity index is 1.69. The lowest BCUT2D eigenvalue weighted by atomic mass is 10.1. The molecule has 0 saturated heterocycles. The summed E-state index contributed by atoms with van der Waals surface area (Å²) in [7, 11) is 2.03. The second kappa shape index (κ2) is 5.88. The maximum Gasteiger partial charge on any atom is 0.0644 e. The summed E-state index contributed by atoms with van der Waals surface area (Å²) >= 11 is 1.81. The van der Waals surface area contributed by atoms with Gasteiger partial charge in [-0.25, -0.2) is 0 Å². The second-order valence-corrected chi connectivity index (χ2v) is 6.27. The van der Waals surface area contributed by atoms with Gasteiger partial charge in [0.05, 0.1) is 11.7 Å². The van der Waals surface area contributed by atoms with Crippen LogP contribution in [0.1, 0.15) is 48.3 Å². The molecule has 0 radical (unpaired) electrons. The molecule has 1 aliphatic carbocycles. The fourth-order valence-electron chi connectivity index (χ4n) is 2.90. The molecule has 1 aliphatic rings. The van der Waals surface area contributed by atoms with Crippen molar-refractivity contribution in [2.45, 2.75) is 44.2 Å². The van der Waals surface area contributed by atoms with E-state index in [2.05, 4.69) is 39.8 Å². The molecule has 1 N–H and O–H groups in total. The lowest BCUT2D eigenvalue weighted by molar-refractivity contribution is 0.459. The zero-order chi connectivity index (χ0) is 13.1. The summed E-state index contributed by atoms with van der Waals surface area (Å²) in [5, 5.41) is 10.3. The second-order valence-electron chi connectivity index (χ2n) is 5.29. The van der Waals surface area contributed by atoms with E-state index in [1.807, 2.05) is 18.4 Å². The predicted molar refractivity (Wildman–Crippen MR) is 79.6 cm³/mol. The maximum atomic E-state index is 4.77. The summed E-state index contributed by atoms with van der Waals surface area (Å²) in [5.41, 5.74) is 1.19. The van der Waals surface area contributed by atoms with E-state index < -0.39 is 0 Å². The first-order valence-electron chi connectivity index (χ1n) is 7.11. The Morgan fingerprint density at radius 1 is 1.42 bits per heavy atom. The van der Waals surface area contributed by atoms with Gasteiger partial charge in [-0.1, -0.05) is 18.9 Å². The van der Waals surface area contributed by atoms with Gasteiger partial charge in [0.15, 0.2) is 0 Å². The van der Waals surface area contributed by atoms with E-state index in [0.717, 1.165) is 6.42 Å². The Kier molecular flexibility index (Phi) is 3.99. The van der Waals surface area contributed by atoms with Crippen LogP contribution in [0.25, 0.3) is 0 Å². The number of likely N-dealkylation sites (N-methyl/N-ethyl adjacent to an activating group) is 1. The monoisotopic (exact) mass is 275 g/mol. The molecule has 1 unspecified atom stereocenters. The minimum absolute atomic E-state index is 0.381. The van der Waals surface area contributed by atoms with Crippen LogP contribution in [-0.4, -0.2) is 16.8 Å². The molecule has 3 nitrogen and oxygen atoms in total. The van der Waals surface area contributed by atoms with Crippen molar-refractivity contribution in [1.29, 1.82) is 0 Å². The Morgan fingerprint density at radius 2 is 2.26 bits per heavy atom. The lowest BCUT2D eigenvalue weighted by Crippen LogP contribution is -2.18. The molecule has 0 spiro atoms. The fourth-order valence-corrected chi connectivity index (χ4v) is 3.74. The van der Waals surface area contributed by atoms with Gasteiger partial charge in [-0.05, 0) is 37.4 Å². The highest BCUT2D eigenvalue weighted by molar-refractivity contribution is 7.10. The van der Waals surface area contributed by atoms with Crippen molar-refractivity contribution in [2.24, 2.45) is 0 Å². The van der Waals surface area contributed by atoms with Crippen LogP contribution in [0.2, 0.25) is 0 Å². The molecule has 0 aromatic carbocycles. The summed E-state index contributed by atoms with van der Waals surface area (Å²) in [6.07, 6.45) is 8.43. The van der Waals surface area contributed by atoms with Gasteiger partial charge in [0.2, 0.25) is 0 Å². The van der Waals surface area contributed by atoms with E-state index >= 15 is 0 Å². The van der Waals surface area contributed by atoms with E-state index in [9.17, 15) is 0 Å². The zero-order valence-electron chi connectivity index (χ0n) is 11.4. The molecule has 3 rings (SSSR count). The van der Waals surface area contributed by atoms with Crippen LogP contribution in [0, 0.1) is 0 Å². The molecule has 0 aliphatic heterocycles. The topological polar surface area (TPSA) is 29.9 Å². The molecule has 1 fully saturated rings. The number of aromatic nitrogens is 2. The molecule has 2 aromatic rings. The number of rotatable bonds is 5. The Hall–Kier alpha value is -1.13. The molecule has 0 amide bonds. The third-order valence-electron chi connectivity index (χ3n) is 4.01. The van der Waals surface area contributed by atoms with Crippen LogP contribution in [0.4, 0.5) is 0 Å². The number of thiophene rings is 1. The van der Waals surface area contributed by atoms with Crippen LogP contribution < -0.4 is 5.32 Å². The van der Waals surface area contributed by atoms with Crippen LogP contribution in [0.5, 0.6) is 0 Å². The highest BCUT2D eigenvalue weighted by atomic mass is 32.1. The standard InChI is InChI=1S/C15H21N3S/c1-16-14(15-7-4-10-19-15)11-12-8-9-18(17-12)13-5-2-3-6-13/h4,7-10,13-14,16H,2-3,5-6,11H2,1H3. The summed E-state index contributed by atoms with van der Waals surface area (Å²) in [6, 6.07) is 7.51. The number of nitrogens with one attached hydrogen (secondary N) is 1. The minimum atomic E-state index is 0.381. The fraction of sp³-hybridized carbons (Fsp3) is 0.533. The van der Waals surface area contributed by atoms with Gasteiger partial charge in [0.25, 0.3) is 0 Å². The van der Waals surface area contributed by atoms with E-state index in [1.165, 1.54) is 36.3 Å². The van der Waals surface area contributed by atoms with E-state index in [0.29, 0.717) is 12.1 Å². The third kappa shape index (κ3) is 2.90. The van der Waals surface area contributed by atoms with Gasteiger partial charge >= 0.3 is 0 Å². The van der Waals surface area contributed by atoms with Crippen LogP contribution in [-0.2, 0) is 6.42 Å². The van der Waals surface area contributed by atoms with Crippen molar-refractivity contribution in [1.82, 2.24) is 15.1 Å². The minimum Gasteiger partial charge on any atom is -0.312 e. The summed E-state index contributed by atoms with van der Waals surface area (Å²) in [4.78, 5) is 1.39. The molecule has 2 aromatic heterocycles. The lowest BCUT2D eigenvalue weighted by Gasteiger charge is -2.13. The van der Waals surface area contributed by atoms with Crippen molar-refractivity contribution in [3.63, 3.8) is 0 Å². The number of hydrogen-bond acceptors (Lipinski definition) is 3. The molecule has 1 saturated carbocycles. The summed E-state index contributed by atoms with van der Waals surface area (Å²) < 4.78 is 2.18. The largest absolute Gasteiger partial charge is 0.312 e. The van der Waals surface area contributed by atoms with Gasteiger partial charge in [-0.15, -0.1) is 11.3 Å². The molecule has 19 heavy (non-hydrogen) atoms. The smallest absolute Gasteiger partial charge is 0.0644 e. The van der Waals surface area contributed by atoms with E-state index in [4.69, 9.17) is 5.10 Å². The Bertz CT molecular complexity index is 497. The molecule has 102 valence electrons. The maximum absolute atomic E-state index is 4.77. The first kappa shape index (κ1) is 12.9. The predicted octanol–water partition coefficient (Wildman–Crippen LogP) is 3.56. The van der Waals surface area contributed by atoms with Crippen LogP contribution >= 0.6 is 11.3 Å². The van der Waals surface area contributed by atoms with Crippen molar-refractivity contribution in [3.8, 4) is 0 Å². The number of hydrogen-bond donors (Lipinski definition) is 1. The van der Waals surface area contributed by atoms with E-state index in [-0.39, 0.29) is 0 Å². The molecule has 1 atom stereocenters. The molecule has 2 heterocycles. The third-order valence-corrected chi connectivity index (χ3v) is 5.00. The molecular weight excluding hydrogens is 254 g/mol. The van der Waals surface area contributed by atoms with Gasteiger partial charge in [-0.3, -0.25) is 4.68 Å². The summed E-state index contributed by atoms with van der Waals surface area (Å²) in [6.45, 7) is 0. The van der Waals surface area contributed by atoms with Gasteiger partial charge in [0, 0.05) is 23.5 Å². The summed E-state index contributed by atoms with van der Waals surface area (Å²) in [5.74, 6) is 0. The van der Waals surface area contributed by atoms with Gasteiger partial charge in [-0.2, -0.15) is 5.10 Å². The Morgan fingerprint density at radius 3 is 2.95 bits per heavy atom. The first-order valence-corrected chi connectivity index (χ1v) is 7.99. The highest BCUT2D eigenvalue weighted by Gasteiger charge is 2.18. The molecule has 4 heteroatoms. The van der Waals surface area contributed by atoms with Crippen molar-refractivity contribution < 1.29 is 0 Å². The van der Waals surface area contributed by atoms with Crippen LogP contribution in [0.15, 0.2) is 29.8 Å².